The van der Waals surface area contributed by atoms with Crippen LogP contribution >= 0.6 is 11.6 Å². The maximum Gasteiger partial charge on any atom is 0.254 e. The summed E-state index contributed by atoms with van der Waals surface area (Å²) in [4.78, 5) is 20.0. The summed E-state index contributed by atoms with van der Waals surface area (Å²) >= 11 is 5.94. The average molecular weight is 410 g/mol. The van der Waals surface area contributed by atoms with Crippen molar-refractivity contribution in [2.24, 2.45) is 5.10 Å². The van der Waals surface area contributed by atoms with Crippen molar-refractivity contribution in [1.29, 1.82) is 0 Å². The van der Waals surface area contributed by atoms with E-state index in [9.17, 15) is 4.79 Å². The average Bonchev–Trinajstić information content (AvgIpc) is 3.14. The standard InChI is InChI=1S/C22H24ClN5O/c23-19-7-5-17(6-8-19)15-27-9-11-28(12-10-27)16-22(29)26-25-14-18-13-24-21-4-2-1-3-20(18)21/h1-8,13-14,24H,9-12,15-16H2,(H,26,29)/b25-14+. The molecule has 7 heteroatoms. The van der Waals surface area contributed by atoms with Crippen LogP contribution in [0.3, 0.4) is 0 Å². The second-order valence-electron chi connectivity index (χ2n) is 7.26. The second-order valence-corrected chi connectivity index (χ2v) is 7.70. The number of hydrogen-bond donors (Lipinski definition) is 2. The van der Waals surface area contributed by atoms with Crippen LogP contribution in [0.2, 0.25) is 5.02 Å². The first-order valence-corrected chi connectivity index (χ1v) is 10.1. The number of amides is 1. The highest BCUT2D eigenvalue weighted by Gasteiger charge is 2.18. The van der Waals surface area contributed by atoms with Crippen molar-refractivity contribution in [2.75, 3.05) is 32.7 Å². The fourth-order valence-electron chi connectivity index (χ4n) is 3.57. The van der Waals surface area contributed by atoms with Crippen molar-refractivity contribution in [3.63, 3.8) is 0 Å². The summed E-state index contributed by atoms with van der Waals surface area (Å²) in [6, 6.07) is 16.0. The van der Waals surface area contributed by atoms with Crippen LogP contribution in [0.4, 0.5) is 0 Å². The van der Waals surface area contributed by atoms with Crippen LogP contribution in [-0.4, -0.2) is 59.6 Å². The number of nitrogens with one attached hydrogen (secondary N) is 2. The zero-order chi connectivity index (χ0) is 20.1. The third kappa shape index (κ3) is 5.23. The number of H-pyrrole nitrogens is 1. The molecule has 29 heavy (non-hydrogen) atoms. The van der Waals surface area contributed by atoms with Gasteiger partial charge in [-0.05, 0) is 23.8 Å². The Morgan fingerprint density at radius 3 is 2.59 bits per heavy atom. The maximum absolute atomic E-state index is 12.2. The number of piperazine rings is 1. The van der Waals surface area contributed by atoms with E-state index in [-0.39, 0.29) is 5.91 Å². The molecule has 2 heterocycles. The number of hydrazone groups is 1. The first-order chi connectivity index (χ1) is 14.2. The third-order valence-corrected chi connectivity index (χ3v) is 5.42. The Kier molecular flexibility index (Phi) is 6.24. The van der Waals surface area contributed by atoms with Gasteiger partial charge in [0.15, 0.2) is 0 Å². The number of aromatic nitrogens is 1. The summed E-state index contributed by atoms with van der Waals surface area (Å²) < 4.78 is 0. The molecule has 0 aliphatic carbocycles. The highest BCUT2D eigenvalue weighted by Crippen LogP contribution is 2.15. The van der Waals surface area contributed by atoms with Crippen molar-refractivity contribution in [2.45, 2.75) is 6.54 Å². The molecule has 2 aromatic carbocycles. The predicted octanol–water partition coefficient (Wildman–Crippen LogP) is 3.09. The fraction of sp³-hybridized carbons (Fsp3) is 0.273. The minimum Gasteiger partial charge on any atom is -0.361 e. The van der Waals surface area contributed by atoms with Crippen LogP contribution in [0, 0.1) is 0 Å². The molecule has 3 aromatic rings. The number of carbonyl (C=O) groups excluding carboxylic acids is 1. The largest absolute Gasteiger partial charge is 0.361 e. The quantitative estimate of drug-likeness (QED) is 0.485. The van der Waals surface area contributed by atoms with E-state index < -0.39 is 0 Å². The Hall–Kier alpha value is -2.67. The third-order valence-electron chi connectivity index (χ3n) is 5.17. The fourth-order valence-corrected chi connectivity index (χ4v) is 3.69. The molecule has 6 nitrogen and oxygen atoms in total. The van der Waals surface area contributed by atoms with E-state index in [0.29, 0.717) is 6.54 Å². The zero-order valence-electron chi connectivity index (χ0n) is 16.1. The summed E-state index contributed by atoms with van der Waals surface area (Å²) in [6.45, 7) is 4.88. The molecule has 2 N–H and O–H groups in total. The van der Waals surface area contributed by atoms with E-state index in [4.69, 9.17) is 11.6 Å². The molecule has 4 rings (SSSR count). The Bertz CT molecular complexity index is 990. The lowest BCUT2D eigenvalue weighted by molar-refractivity contribution is -0.122. The molecule has 0 bridgehead atoms. The molecule has 0 atom stereocenters. The number of carbonyl (C=O) groups is 1. The topological polar surface area (TPSA) is 63.7 Å². The summed E-state index contributed by atoms with van der Waals surface area (Å²) in [5, 5.41) is 5.96. The van der Waals surface area contributed by atoms with Crippen molar-refractivity contribution in [1.82, 2.24) is 20.2 Å². The summed E-state index contributed by atoms with van der Waals surface area (Å²) in [7, 11) is 0. The monoisotopic (exact) mass is 409 g/mol. The Balaban J connectivity index is 1.21. The van der Waals surface area contributed by atoms with Gasteiger partial charge >= 0.3 is 0 Å². The van der Waals surface area contributed by atoms with Crippen LogP contribution in [0.1, 0.15) is 11.1 Å². The lowest BCUT2D eigenvalue weighted by Gasteiger charge is -2.34. The van der Waals surface area contributed by atoms with Gasteiger partial charge in [-0.25, -0.2) is 5.43 Å². The highest BCUT2D eigenvalue weighted by molar-refractivity contribution is 6.30. The molecule has 1 aromatic heterocycles. The van der Waals surface area contributed by atoms with Gasteiger partial charge in [0.1, 0.15) is 0 Å². The van der Waals surface area contributed by atoms with E-state index >= 15 is 0 Å². The number of benzene rings is 2. The first-order valence-electron chi connectivity index (χ1n) is 9.74. The first kappa shape index (κ1) is 19.6. The predicted molar refractivity (Wildman–Crippen MR) is 117 cm³/mol. The molecule has 150 valence electrons. The molecule has 1 fully saturated rings. The number of aromatic amines is 1. The van der Waals surface area contributed by atoms with Gasteiger partial charge in [0.2, 0.25) is 0 Å². The van der Waals surface area contributed by atoms with Crippen molar-refractivity contribution < 1.29 is 4.79 Å². The van der Waals surface area contributed by atoms with Crippen LogP contribution in [0.15, 0.2) is 59.8 Å². The van der Waals surface area contributed by atoms with E-state index in [0.717, 1.165) is 54.2 Å². The Morgan fingerprint density at radius 1 is 1.07 bits per heavy atom. The lowest BCUT2D eigenvalue weighted by Crippen LogP contribution is -2.48. The van der Waals surface area contributed by atoms with Gasteiger partial charge in [0.05, 0.1) is 12.8 Å². The Morgan fingerprint density at radius 2 is 1.79 bits per heavy atom. The Labute approximate surface area is 175 Å². The van der Waals surface area contributed by atoms with Crippen LogP contribution < -0.4 is 5.43 Å². The molecule has 1 amide bonds. The normalized spacial score (nSPS) is 15.9. The van der Waals surface area contributed by atoms with Crippen molar-refractivity contribution in [3.05, 3.63) is 70.9 Å². The number of hydrogen-bond acceptors (Lipinski definition) is 4. The number of fused-ring (bicyclic) bond motifs is 1. The van der Waals surface area contributed by atoms with Gasteiger partial charge in [0.25, 0.3) is 5.91 Å². The van der Waals surface area contributed by atoms with Crippen molar-refractivity contribution >= 4 is 34.6 Å². The van der Waals surface area contributed by atoms with Gasteiger partial charge in [-0.3, -0.25) is 14.6 Å². The van der Waals surface area contributed by atoms with Crippen LogP contribution in [0.5, 0.6) is 0 Å². The van der Waals surface area contributed by atoms with E-state index in [1.165, 1.54) is 5.56 Å². The summed E-state index contributed by atoms with van der Waals surface area (Å²) in [5.41, 5.74) is 5.90. The maximum atomic E-state index is 12.2. The molecule has 0 unspecified atom stereocenters. The zero-order valence-corrected chi connectivity index (χ0v) is 16.9. The second kappa shape index (κ2) is 9.22. The molecular formula is C22H24ClN5O. The molecule has 1 saturated heterocycles. The SMILES string of the molecule is O=C(CN1CCN(Cc2ccc(Cl)cc2)CC1)N/N=C/c1c[nH]c2ccccc12. The molecule has 0 saturated carbocycles. The summed E-state index contributed by atoms with van der Waals surface area (Å²) in [5.74, 6) is -0.0905. The van der Waals surface area contributed by atoms with Gasteiger partial charge in [0, 0.05) is 60.4 Å². The molecular weight excluding hydrogens is 386 g/mol. The number of nitrogens with zero attached hydrogens (tertiary/aromatic N) is 3. The van der Waals surface area contributed by atoms with Gasteiger partial charge in [-0.1, -0.05) is 41.9 Å². The van der Waals surface area contributed by atoms with Gasteiger partial charge in [-0.15, -0.1) is 0 Å². The molecule has 0 radical (unpaired) electrons. The number of rotatable bonds is 6. The van der Waals surface area contributed by atoms with E-state index in [1.807, 2.05) is 42.6 Å². The summed E-state index contributed by atoms with van der Waals surface area (Å²) in [6.07, 6.45) is 3.57. The van der Waals surface area contributed by atoms with E-state index in [2.05, 4.69) is 37.4 Å². The number of halogens is 1. The molecule has 1 aliphatic heterocycles. The minimum atomic E-state index is -0.0905. The van der Waals surface area contributed by atoms with E-state index in [1.54, 1.807) is 6.21 Å². The smallest absolute Gasteiger partial charge is 0.254 e. The van der Waals surface area contributed by atoms with Gasteiger partial charge < -0.3 is 4.98 Å². The molecule has 0 spiro atoms. The van der Waals surface area contributed by atoms with Crippen molar-refractivity contribution in [3.8, 4) is 0 Å². The lowest BCUT2D eigenvalue weighted by atomic mass is 10.2. The van der Waals surface area contributed by atoms with Crippen LogP contribution in [0.25, 0.3) is 10.9 Å². The number of para-hydroxylation sites is 1. The highest BCUT2D eigenvalue weighted by atomic mass is 35.5. The molecule has 1 aliphatic rings. The van der Waals surface area contributed by atoms with Gasteiger partial charge in [-0.2, -0.15) is 5.10 Å². The van der Waals surface area contributed by atoms with Crippen LogP contribution in [-0.2, 0) is 11.3 Å². The minimum absolute atomic E-state index is 0.0905.